The fraction of sp³-hybridized carbons (Fsp3) is 0.304. The van der Waals surface area contributed by atoms with Crippen LogP contribution in [0, 0.1) is 6.92 Å². The molecular formula is C23H25N3O5. The minimum absolute atomic E-state index is 0.0462. The first-order chi connectivity index (χ1) is 14.8. The molecule has 31 heavy (non-hydrogen) atoms. The molecule has 0 saturated carbocycles. The number of methoxy groups -OCH3 is 1. The largest absolute Gasteiger partial charge is 0.469 e. The third-order valence-corrected chi connectivity index (χ3v) is 5.16. The smallest absolute Gasteiger partial charge is 0.331 e. The number of ether oxygens (including phenoxy) is 1. The lowest BCUT2D eigenvalue weighted by Gasteiger charge is -2.19. The second kappa shape index (κ2) is 9.42. The maximum absolute atomic E-state index is 12.9. The number of carbonyl (C=O) groups excluding carboxylic acids is 2. The predicted octanol–water partition coefficient (Wildman–Crippen LogP) is 1.91. The van der Waals surface area contributed by atoms with Crippen LogP contribution in [0.4, 0.5) is 0 Å². The Hall–Kier alpha value is -3.68. The van der Waals surface area contributed by atoms with E-state index in [9.17, 15) is 19.2 Å². The molecule has 1 atom stereocenters. The van der Waals surface area contributed by atoms with E-state index in [1.54, 1.807) is 31.2 Å². The average Bonchev–Trinajstić information content (AvgIpc) is 2.77. The topological polar surface area (TPSA) is 99.4 Å². The quantitative estimate of drug-likeness (QED) is 0.585. The third-order valence-electron chi connectivity index (χ3n) is 5.16. The van der Waals surface area contributed by atoms with Gasteiger partial charge in [-0.25, -0.2) is 4.79 Å². The maximum Gasteiger partial charge on any atom is 0.331 e. The van der Waals surface area contributed by atoms with Crippen molar-refractivity contribution in [3.63, 3.8) is 0 Å². The van der Waals surface area contributed by atoms with Gasteiger partial charge in [-0.15, -0.1) is 0 Å². The van der Waals surface area contributed by atoms with Gasteiger partial charge in [0.25, 0.3) is 5.56 Å². The van der Waals surface area contributed by atoms with Gasteiger partial charge in [-0.05, 0) is 31.5 Å². The van der Waals surface area contributed by atoms with Gasteiger partial charge < -0.3 is 10.1 Å². The summed E-state index contributed by atoms with van der Waals surface area (Å²) in [5.74, 6) is -0.920. The van der Waals surface area contributed by atoms with E-state index in [2.05, 4.69) is 5.32 Å². The molecule has 0 fully saturated rings. The van der Waals surface area contributed by atoms with Gasteiger partial charge in [-0.1, -0.05) is 42.0 Å². The van der Waals surface area contributed by atoms with Crippen molar-refractivity contribution < 1.29 is 14.3 Å². The number of nitrogens with zero attached hydrogens (tertiary/aromatic N) is 2. The van der Waals surface area contributed by atoms with E-state index in [1.165, 1.54) is 11.7 Å². The number of para-hydroxylation sites is 1. The van der Waals surface area contributed by atoms with Crippen molar-refractivity contribution in [3.8, 4) is 0 Å². The number of fused-ring (bicyclic) bond motifs is 1. The molecule has 2 aromatic carbocycles. The van der Waals surface area contributed by atoms with E-state index in [0.717, 1.165) is 15.7 Å². The Morgan fingerprint density at radius 3 is 2.35 bits per heavy atom. The van der Waals surface area contributed by atoms with Crippen LogP contribution < -0.4 is 16.6 Å². The number of rotatable bonds is 7. The van der Waals surface area contributed by atoms with Crippen LogP contribution in [-0.2, 0) is 27.4 Å². The van der Waals surface area contributed by atoms with Crippen molar-refractivity contribution in [1.29, 1.82) is 0 Å². The number of benzene rings is 2. The lowest BCUT2D eigenvalue weighted by molar-refractivity contribution is -0.141. The highest BCUT2D eigenvalue weighted by Gasteiger charge is 2.21. The van der Waals surface area contributed by atoms with Gasteiger partial charge in [0.15, 0.2) is 0 Å². The summed E-state index contributed by atoms with van der Waals surface area (Å²) in [5.41, 5.74) is 1.24. The molecule has 3 rings (SSSR count). The van der Waals surface area contributed by atoms with Crippen molar-refractivity contribution in [1.82, 2.24) is 14.5 Å². The molecule has 0 bridgehead atoms. The van der Waals surface area contributed by atoms with Crippen molar-refractivity contribution in [2.24, 2.45) is 0 Å². The van der Waals surface area contributed by atoms with Crippen LogP contribution in [-0.4, -0.2) is 28.1 Å². The summed E-state index contributed by atoms with van der Waals surface area (Å²) in [6.07, 6.45) is -0.0462. The zero-order chi connectivity index (χ0) is 22.5. The standard InChI is InChI=1S/C23H25N3O5/c1-4-25-22(29)17-7-5-6-8-19(17)26(23(25)30)14-20(27)24-18(13-21(28)31-3)16-11-9-15(2)10-12-16/h5-12,18H,4,13-14H2,1-3H3,(H,24,27)/t18-/m0/s1. The van der Waals surface area contributed by atoms with Gasteiger partial charge in [0.05, 0.1) is 30.5 Å². The molecule has 0 unspecified atom stereocenters. The molecule has 162 valence electrons. The molecule has 1 aromatic heterocycles. The first kappa shape index (κ1) is 22.0. The van der Waals surface area contributed by atoms with Crippen LogP contribution in [0.25, 0.3) is 10.9 Å². The summed E-state index contributed by atoms with van der Waals surface area (Å²) >= 11 is 0. The van der Waals surface area contributed by atoms with E-state index < -0.39 is 23.6 Å². The van der Waals surface area contributed by atoms with Crippen LogP contribution in [0.5, 0.6) is 0 Å². The van der Waals surface area contributed by atoms with Gasteiger partial charge in [-0.3, -0.25) is 23.5 Å². The number of aryl methyl sites for hydroxylation is 1. The van der Waals surface area contributed by atoms with E-state index in [4.69, 9.17) is 4.74 Å². The number of esters is 1. The van der Waals surface area contributed by atoms with Crippen molar-refractivity contribution in [2.45, 2.75) is 39.4 Å². The number of nitrogens with one attached hydrogen (secondary N) is 1. The molecule has 1 N–H and O–H groups in total. The minimum Gasteiger partial charge on any atom is -0.469 e. The van der Waals surface area contributed by atoms with Gasteiger partial charge in [0, 0.05) is 6.54 Å². The van der Waals surface area contributed by atoms with E-state index in [1.807, 2.05) is 31.2 Å². The lowest BCUT2D eigenvalue weighted by Crippen LogP contribution is -2.43. The van der Waals surface area contributed by atoms with Gasteiger partial charge in [-0.2, -0.15) is 0 Å². The Morgan fingerprint density at radius 1 is 1.03 bits per heavy atom. The monoisotopic (exact) mass is 423 g/mol. The SMILES string of the molecule is CCn1c(=O)c2ccccc2n(CC(=O)N[C@@H](CC(=O)OC)c2ccc(C)cc2)c1=O. The molecular weight excluding hydrogens is 398 g/mol. The Morgan fingerprint density at radius 2 is 1.71 bits per heavy atom. The first-order valence-electron chi connectivity index (χ1n) is 10.0. The molecule has 0 saturated heterocycles. The molecule has 8 heteroatoms. The normalized spacial score (nSPS) is 11.8. The van der Waals surface area contributed by atoms with Gasteiger partial charge in [0.1, 0.15) is 6.54 Å². The Labute approximate surface area is 179 Å². The summed E-state index contributed by atoms with van der Waals surface area (Å²) in [5, 5.41) is 3.19. The third kappa shape index (κ3) is 4.74. The zero-order valence-corrected chi connectivity index (χ0v) is 17.8. The summed E-state index contributed by atoms with van der Waals surface area (Å²) < 4.78 is 7.14. The van der Waals surface area contributed by atoms with Crippen LogP contribution in [0.1, 0.15) is 30.5 Å². The maximum atomic E-state index is 12.9. The number of hydrogen-bond donors (Lipinski definition) is 1. The molecule has 0 aliphatic carbocycles. The predicted molar refractivity (Wildman–Crippen MR) is 117 cm³/mol. The Kier molecular flexibility index (Phi) is 6.69. The van der Waals surface area contributed by atoms with Gasteiger partial charge >= 0.3 is 11.7 Å². The summed E-state index contributed by atoms with van der Waals surface area (Å²) in [6.45, 7) is 3.55. The highest BCUT2D eigenvalue weighted by molar-refractivity contribution is 5.82. The van der Waals surface area contributed by atoms with Crippen LogP contribution in [0.15, 0.2) is 58.1 Å². The molecule has 1 amide bonds. The molecule has 0 aliphatic heterocycles. The molecule has 0 aliphatic rings. The summed E-state index contributed by atoms with van der Waals surface area (Å²) in [7, 11) is 1.29. The van der Waals surface area contributed by atoms with Crippen molar-refractivity contribution >= 4 is 22.8 Å². The second-order valence-electron chi connectivity index (χ2n) is 7.25. The molecule has 1 heterocycles. The fourth-order valence-electron chi connectivity index (χ4n) is 3.49. The van der Waals surface area contributed by atoms with Crippen LogP contribution in [0.2, 0.25) is 0 Å². The van der Waals surface area contributed by atoms with E-state index in [0.29, 0.717) is 10.9 Å². The number of amides is 1. The lowest BCUT2D eigenvalue weighted by atomic mass is 10.0. The number of carbonyl (C=O) groups is 2. The Balaban J connectivity index is 1.95. The Bertz CT molecular complexity index is 1220. The average molecular weight is 423 g/mol. The van der Waals surface area contributed by atoms with Crippen molar-refractivity contribution in [3.05, 3.63) is 80.5 Å². The van der Waals surface area contributed by atoms with Gasteiger partial charge in [0.2, 0.25) is 5.91 Å². The molecule has 0 spiro atoms. The van der Waals surface area contributed by atoms with E-state index >= 15 is 0 Å². The first-order valence-corrected chi connectivity index (χ1v) is 10.0. The number of hydrogen-bond acceptors (Lipinski definition) is 5. The zero-order valence-electron chi connectivity index (χ0n) is 17.8. The number of aromatic nitrogens is 2. The highest BCUT2D eigenvalue weighted by atomic mass is 16.5. The van der Waals surface area contributed by atoms with Crippen molar-refractivity contribution in [2.75, 3.05) is 7.11 Å². The molecule has 0 radical (unpaired) electrons. The fourth-order valence-corrected chi connectivity index (χ4v) is 3.49. The molecule has 3 aromatic rings. The summed E-state index contributed by atoms with van der Waals surface area (Å²) in [4.78, 5) is 50.2. The van der Waals surface area contributed by atoms with Crippen LogP contribution >= 0.6 is 0 Å². The highest BCUT2D eigenvalue weighted by Crippen LogP contribution is 2.18. The van der Waals surface area contributed by atoms with E-state index in [-0.39, 0.29) is 25.1 Å². The second-order valence-corrected chi connectivity index (χ2v) is 7.25. The summed E-state index contributed by atoms with van der Waals surface area (Å²) in [6, 6.07) is 13.5. The van der Waals surface area contributed by atoms with Crippen LogP contribution in [0.3, 0.4) is 0 Å². The minimum atomic E-state index is -0.611. The molecule has 8 nitrogen and oxygen atoms in total.